The molecule has 3 aromatic rings. The highest BCUT2D eigenvalue weighted by Crippen LogP contribution is 2.27. The van der Waals surface area contributed by atoms with E-state index >= 15 is 0 Å². The van der Waals surface area contributed by atoms with Crippen LogP contribution >= 0.6 is 11.3 Å². The summed E-state index contributed by atoms with van der Waals surface area (Å²) >= 11 is 1.35. The second-order valence-electron chi connectivity index (χ2n) is 6.55. The molecule has 0 saturated heterocycles. The predicted octanol–water partition coefficient (Wildman–Crippen LogP) is 4.93. The van der Waals surface area contributed by atoms with Crippen LogP contribution in [-0.4, -0.2) is 22.2 Å². The van der Waals surface area contributed by atoms with Gasteiger partial charge in [0.1, 0.15) is 10.8 Å². The molecule has 1 heterocycles. The molecule has 27 heavy (non-hydrogen) atoms. The van der Waals surface area contributed by atoms with Crippen LogP contribution in [0.2, 0.25) is 0 Å². The lowest BCUT2D eigenvalue weighted by molar-refractivity contribution is -0.122. The van der Waals surface area contributed by atoms with Crippen LogP contribution in [-0.2, 0) is 4.79 Å². The SMILES string of the molecule is CC[C@@H](Oc1ccc(C)cc1C)C(=O)Nc1nnc(-c2ccc(C)cc2)s1. The zero-order valence-electron chi connectivity index (χ0n) is 15.9. The van der Waals surface area contributed by atoms with Crippen molar-refractivity contribution in [1.82, 2.24) is 10.2 Å². The highest BCUT2D eigenvalue weighted by molar-refractivity contribution is 7.18. The van der Waals surface area contributed by atoms with E-state index in [9.17, 15) is 4.79 Å². The van der Waals surface area contributed by atoms with Crippen molar-refractivity contribution >= 4 is 22.4 Å². The summed E-state index contributed by atoms with van der Waals surface area (Å²) in [4.78, 5) is 12.6. The Kier molecular flexibility index (Phi) is 5.86. The van der Waals surface area contributed by atoms with Crippen molar-refractivity contribution in [1.29, 1.82) is 0 Å². The van der Waals surface area contributed by atoms with Crippen LogP contribution in [0.25, 0.3) is 10.6 Å². The van der Waals surface area contributed by atoms with Crippen molar-refractivity contribution in [3.05, 3.63) is 59.2 Å². The number of amides is 1. The lowest BCUT2D eigenvalue weighted by Crippen LogP contribution is -2.32. The number of carbonyl (C=O) groups is 1. The van der Waals surface area contributed by atoms with Gasteiger partial charge in [-0.1, -0.05) is 65.8 Å². The van der Waals surface area contributed by atoms with Crippen molar-refractivity contribution in [3.63, 3.8) is 0 Å². The van der Waals surface area contributed by atoms with Crippen molar-refractivity contribution < 1.29 is 9.53 Å². The largest absolute Gasteiger partial charge is 0.480 e. The van der Waals surface area contributed by atoms with E-state index in [1.165, 1.54) is 16.9 Å². The molecular weight excluding hydrogens is 358 g/mol. The average molecular weight is 382 g/mol. The van der Waals surface area contributed by atoms with Gasteiger partial charge in [0.05, 0.1) is 0 Å². The Hall–Kier alpha value is -2.73. The number of aromatic nitrogens is 2. The molecule has 6 heteroatoms. The molecule has 140 valence electrons. The van der Waals surface area contributed by atoms with Gasteiger partial charge in [0, 0.05) is 5.56 Å². The molecule has 0 aliphatic rings. The molecule has 0 unspecified atom stereocenters. The van der Waals surface area contributed by atoms with Crippen LogP contribution in [0.4, 0.5) is 5.13 Å². The van der Waals surface area contributed by atoms with Gasteiger partial charge in [0.25, 0.3) is 5.91 Å². The summed E-state index contributed by atoms with van der Waals surface area (Å²) in [6, 6.07) is 14.0. The second kappa shape index (κ2) is 8.31. The molecule has 0 saturated carbocycles. The van der Waals surface area contributed by atoms with Gasteiger partial charge in [0.15, 0.2) is 6.10 Å². The van der Waals surface area contributed by atoms with E-state index in [2.05, 4.69) is 15.5 Å². The Morgan fingerprint density at radius 1 is 1.07 bits per heavy atom. The minimum atomic E-state index is -0.585. The molecule has 0 bridgehead atoms. The fraction of sp³-hybridized carbons (Fsp3) is 0.286. The molecule has 1 atom stereocenters. The Balaban J connectivity index is 1.69. The van der Waals surface area contributed by atoms with Gasteiger partial charge in [-0.25, -0.2) is 0 Å². The van der Waals surface area contributed by atoms with E-state index in [-0.39, 0.29) is 5.91 Å². The number of benzene rings is 2. The maximum Gasteiger partial charge on any atom is 0.267 e. The number of carbonyl (C=O) groups excluding carboxylic acids is 1. The van der Waals surface area contributed by atoms with Crippen molar-refractivity contribution in [2.24, 2.45) is 0 Å². The summed E-state index contributed by atoms with van der Waals surface area (Å²) in [7, 11) is 0. The van der Waals surface area contributed by atoms with Gasteiger partial charge < -0.3 is 4.74 Å². The lowest BCUT2D eigenvalue weighted by Gasteiger charge is -2.18. The Bertz CT molecular complexity index is 935. The standard InChI is InChI=1S/C21H23N3O2S/c1-5-17(26-18-11-8-14(3)12-15(18)4)19(25)22-21-24-23-20(27-21)16-9-6-13(2)7-10-16/h6-12,17H,5H2,1-4H3,(H,22,24,25)/t17-/m1/s1. The van der Waals surface area contributed by atoms with Crippen molar-refractivity contribution in [3.8, 4) is 16.3 Å². The van der Waals surface area contributed by atoms with Crippen LogP contribution in [0.15, 0.2) is 42.5 Å². The summed E-state index contributed by atoms with van der Waals surface area (Å²) in [6.07, 6.45) is -0.0268. The molecule has 0 fully saturated rings. The van der Waals surface area contributed by atoms with E-state index < -0.39 is 6.10 Å². The number of aryl methyl sites for hydroxylation is 3. The summed E-state index contributed by atoms with van der Waals surface area (Å²) < 4.78 is 5.93. The Morgan fingerprint density at radius 3 is 2.44 bits per heavy atom. The number of hydrogen-bond acceptors (Lipinski definition) is 5. The molecule has 1 N–H and O–H groups in total. The van der Waals surface area contributed by atoms with Crippen molar-refractivity contribution in [2.45, 2.75) is 40.2 Å². The quantitative estimate of drug-likeness (QED) is 0.658. The van der Waals surface area contributed by atoms with Gasteiger partial charge in [-0.2, -0.15) is 0 Å². The lowest BCUT2D eigenvalue weighted by atomic mass is 10.1. The first-order valence-corrected chi connectivity index (χ1v) is 9.73. The van der Waals surface area contributed by atoms with Gasteiger partial charge in [-0.3, -0.25) is 10.1 Å². The summed E-state index contributed by atoms with van der Waals surface area (Å²) in [5.41, 5.74) is 4.34. The highest BCUT2D eigenvalue weighted by atomic mass is 32.1. The van der Waals surface area contributed by atoms with Crippen LogP contribution < -0.4 is 10.1 Å². The van der Waals surface area contributed by atoms with E-state index in [0.717, 1.165) is 27.4 Å². The maximum atomic E-state index is 12.6. The fourth-order valence-electron chi connectivity index (χ4n) is 2.68. The summed E-state index contributed by atoms with van der Waals surface area (Å²) in [5, 5.41) is 12.3. The van der Waals surface area contributed by atoms with E-state index in [1.807, 2.05) is 70.2 Å². The molecule has 0 spiro atoms. The minimum absolute atomic E-state index is 0.218. The van der Waals surface area contributed by atoms with Crippen LogP contribution in [0.3, 0.4) is 0 Å². The fourth-order valence-corrected chi connectivity index (χ4v) is 3.43. The van der Waals surface area contributed by atoms with Gasteiger partial charge in [-0.15, -0.1) is 10.2 Å². The van der Waals surface area contributed by atoms with E-state index in [4.69, 9.17) is 4.74 Å². The molecule has 0 aliphatic heterocycles. The topological polar surface area (TPSA) is 64.1 Å². The number of ether oxygens (including phenoxy) is 1. The zero-order chi connectivity index (χ0) is 19.4. The number of rotatable bonds is 6. The second-order valence-corrected chi connectivity index (χ2v) is 7.53. The van der Waals surface area contributed by atoms with Crippen LogP contribution in [0, 0.1) is 20.8 Å². The third-order valence-corrected chi connectivity index (χ3v) is 5.10. The molecular formula is C21H23N3O2S. The normalized spacial score (nSPS) is 11.9. The average Bonchev–Trinajstić information content (AvgIpc) is 3.10. The summed E-state index contributed by atoms with van der Waals surface area (Å²) in [5.74, 6) is 0.504. The van der Waals surface area contributed by atoms with E-state index in [1.54, 1.807) is 0 Å². The van der Waals surface area contributed by atoms with Crippen LogP contribution in [0.1, 0.15) is 30.0 Å². The van der Waals surface area contributed by atoms with Gasteiger partial charge in [-0.05, 0) is 38.8 Å². The third-order valence-electron chi connectivity index (χ3n) is 4.22. The van der Waals surface area contributed by atoms with Crippen LogP contribution in [0.5, 0.6) is 5.75 Å². The molecule has 1 aromatic heterocycles. The van der Waals surface area contributed by atoms with Gasteiger partial charge >= 0.3 is 0 Å². The Morgan fingerprint density at radius 2 is 1.78 bits per heavy atom. The first-order chi connectivity index (χ1) is 13.0. The van der Waals surface area contributed by atoms with Crippen molar-refractivity contribution in [2.75, 3.05) is 5.32 Å². The molecule has 0 aliphatic carbocycles. The minimum Gasteiger partial charge on any atom is -0.480 e. The maximum absolute atomic E-state index is 12.6. The molecule has 5 nitrogen and oxygen atoms in total. The molecule has 0 radical (unpaired) electrons. The van der Waals surface area contributed by atoms with E-state index in [0.29, 0.717) is 11.6 Å². The molecule has 1 amide bonds. The molecule has 3 rings (SSSR count). The number of nitrogens with zero attached hydrogens (tertiary/aromatic N) is 2. The Labute approximate surface area is 163 Å². The monoisotopic (exact) mass is 381 g/mol. The summed E-state index contributed by atoms with van der Waals surface area (Å²) in [6.45, 7) is 7.97. The number of anilines is 1. The number of hydrogen-bond donors (Lipinski definition) is 1. The first kappa shape index (κ1) is 19.0. The zero-order valence-corrected chi connectivity index (χ0v) is 16.8. The highest BCUT2D eigenvalue weighted by Gasteiger charge is 2.21. The predicted molar refractivity (Wildman–Crippen MR) is 109 cm³/mol. The first-order valence-electron chi connectivity index (χ1n) is 8.91. The smallest absolute Gasteiger partial charge is 0.267 e. The number of nitrogens with one attached hydrogen (secondary N) is 1. The molecule has 2 aromatic carbocycles. The third kappa shape index (κ3) is 4.71. The van der Waals surface area contributed by atoms with Gasteiger partial charge in [0.2, 0.25) is 5.13 Å².